The second-order valence-electron chi connectivity index (χ2n) is 7.35. The lowest BCUT2D eigenvalue weighted by Gasteiger charge is -2.09. The molecule has 0 saturated heterocycles. The molecule has 0 aliphatic carbocycles. The van der Waals surface area contributed by atoms with Gasteiger partial charge >= 0.3 is 0 Å². The molecule has 144 valence electrons. The molecule has 0 bridgehead atoms. The lowest BCUT2D eigenvalue weighted by atomic mass is 10.1. The Labute approximate surface area is 173 Å². The molecule has 0 fully saturated rings. The average Bonchev–Trinajstić information content (AvgIpc) is 3.36. The highest BCUT2D eigenvalue weighted by atomic mass is 16.5. The molecule has 0 spiro atoms. The molecule has 0 N–H and O–H groups in total. The molecule has 0 atom stereocenters. The summed E-state index contributed by atoms with van der Waals surface area (Å²) in [5, 5.41) is 2.37. The van der Waals surface area contributed by atoms with Crippen molar-refractivity contribution in [1.82, 2.24) is 14.0 Å². The van der Waals surface area contributed by atoms with Crippen molar-refractivity contribution in [2.75, 3.05) is 7.11 Å². The maximum atomic E-state index is 5.34. The third kappa shape index (κ3) is 2.44. The van der Waals surface area contributed by atoms with Gasteiger partial charge < -0.3 is 4.74 Å². The molecule has 2 heterocycles. The monoisotopic (exact) mass is 389 g/mol. The number of hydrogen-bond donors (Lipinski definition) is 0. The minimum Gasteiger partial charge on any atom is -0.497 e. The zero-order valence-electron chi connectivity index (χ0n) is 16.5. The molecule has 0 saturated carbocycles. The van der Waals surface area contributed by atoms with Gasteiger partial charge in [-0.15, -0.1) is 0 Å². The predicted octanol–water partition coefficient (Wildman–Crippen LogP) is 6.11. The normalized spacial score (nSPS) is 11.5. The van der Waals surface area contributed by atoms with Crippen molar-refractivity contribution < 1.29 is 4.74 Å². The fourth-order valence-electron chi connectivity index (χ4n) is 4.19. The molecule has 30 heavy (non-hydrogen) atoms. The lowest BCUT2D eigenvalue weighted by molar-refractivity contribution is 0.415. The summed E-state index contributed by atoms with van der Waals surface area (Å²) in [6.45, 7) is 0. The van der Waals surface area contributed by atoms with Gasteiger partial charge in [0.15, 0.2) is 0 Å². The molecule has 4 nitrogen and oxygen atoms in total. The molecular formula is C26H19N3O. The van der Waals surface area contributed by atoms with Crippen molar-refractivity contribution in [2.45, 2.75) is 0 Å². The standard InChI is InChI=1S/C26H19N3O/c1-30-21-14-11-19(12-15-21)24-17-28-23-16-13-18-7-5-6-10-22(18)25(23)27-26(28)29(24)20-8-3-2-4-9-20/h2-17H,1H3. The van der Waals surface area contributed by atoms with Gasteiger partial charge in [-0.2, -0.15) is 0 Å². The van der Waals surface area contributed by atoms with Crippen molar-refractivity contribution in [3.8, 4) is 22.7 Å². The number of methoxy groups -OCH3 is 1. The van der Waals surface area contributed by atoms with Gasteiger partial charge in [-0.1, -0.05) is 48.5 Å². The summed E-state index contributed by atoms with van der Waals surface area (Å²) in [5.41, 5.74) is 5.40. The van der Waals surface area contributed by atoms with E-state index in [0.717, 1.165) is 39.5 Å². The summed E-state index contributed by atoms with van der Waals surface area (Å²) >= 11 is 0. The van der Waals surface area contributed by atoms with E-state index in [1.54, 1.807) is 7.11 Å². The maximum Gasteiger partial charge on any atom is 0.220 e. The minimum absolute atomic E-state index is 0.846. The fourth-order valence-corrected chi connectivity index (χ4v) is 4.19. The number of hydrogen-bond acceptors (Lipinski definition) is 2. The minimum atomic E-state index is 0.846. The maximum absolute atomic E-state index is 5.34. The van der Waals surface area contributed by atoms with Crippen molar-refractivity contribution in [1.29, 1.82) is 0 Å². The highest BCUT2D eigenvalue weighted by molar-refractivity contribution is 6.05. The van der Waals surface area contributed by atoms with E-state index >= 15 is 0 Å². The smallest absolute Gasteiger partial charge is 0.220 e. The molecule has 2 aromatic heterocycles. The van der Waals surface area contributed by atoms with Crippen LogP contribution >= 0.6 is 0 Å². The Morgan fingerprint density at radius 1 is 0.767 bits per heavy atom. The first-order chi connectivity index (χ1) is 14.8. The van der Waals surface area contributed by atoms with Crippen LogP contribution in [0.25, 0.3) is 44.5 Å². The van der Waals surface area contributed by atoms with E-state index < -0.39 is 0 Å². The van der Waals surface area contributed by atoms with Crippen LogP contribution in [0.3, 0.4) is 0 Å². The lowest BCUT2D eigenvalue weighted by Crippen LogP contribution is -1.97. The van der Waals surface area contributed by atoms with Crippen LogP contribution in [0.5, 0.6) is 5.75 Å². The number of aromatic nitrogens is 3. The molecule has 0 radical (unpaired) electrons. The topological polar surface area (TPSA) is 31.5 Å². The van der Waals surface area contributed by atoms with Gasteiger partial charge in [-0.25, -0.2) is 4.98 Å². The van der Waals surface area contributed by atoms with Gasteiger partial charge in [-0.3, -0.25) is 8.97 Å². The van der Waals surface area contributed by atoms with E-state index in [2.05, 4.69) is 88.0 Å². The molecule has 4 aromatic carbocycles. The number of benzene rings is 4. The van der Waals surface area contributed by atoms with E-state index in [9.17, 15) is 0 Å². The van der Waals surface area contributed by atoms with E-state index in [1.165, 1.54) is 10.8 Å². The van der Waals surface area contributed by atoms with Crippen molar-refractivity contribution >= 4 is 27.6 Å². The van der Waals surface area contributed by atoms with Gasteiger partial charge in [-0.05, 0) is 47.9 Å². The van der Waals surface area contributed by atoms with Crippen LogP contribution in [0.15, 0.2) is 97.2 Å². The van der Waals surface area contributed by atoms with Gasteiger partial charge in [0.25, 0.3) is 0 Å². The van der Waals surface area contributed by atoms with Crippen molar-refractivity contribution in [3.63, 3.8) is 0 Å². The summed E-state index contributed by atoms with van der Waals surface area (Å²) in [6, 6.07) is 31.3. The SMILES string of the molecule is COc1ccc(-c2cn3c4ccc5ccccc5c4nc3n2-c2ccccc2)cc1. The number of para-hydroxylation sites is 1. The van der Waals surface area contributed by atoms with E-state index in [-0.39, 0.29) is 0 Å². The largest absolute Gasteiger partial charge is 0.497 e. The molecule has 0 unspecified atom stereocenters. The van der Waals surface area contributed by atoms with Crippen LogP contribution in [0.2, 0.25) is 0 Å². The van der Waals surface area contributed by atoms with Crippen LogP contribution in [-0.4, -0.2) is 21.1 Å². The van der Waals surface area contributed by atoms with E-state index in [0.29, 0.717) is 0 Å². The summed E-state index contributed by atoms with van der Waals surface area (Å²) in [4.78, 5) is 5.10. The van der Waals surface area contributed by atoms with Crippen LogP contribution in [0.1, 0.15) is 0 Å². The van der Waals surface area contributed by atoms with Gasteiger partial charge in [0.1, 0.15) is 5.75 Å². The van der Waals surface area contributed by atoms with Crippen molar-refractivity contribution in [2.24, 2.45) is 0 Å². The number of imidazole rings is 2. The summed E-state index contributed by atoms with van der Waals surface area (Å²) in [7, 11) is 1.69. The number of ether oxygens (including phenoxy) is 1. The summed E-state index contributed by atoms with van der Waals surface area (Å²) < 4.78 is 9.75. The Balaban J connectivity index is 1.70. The molecular weight excluding hydrogens is 370 g/mol. The molecule has 4 heteroatoms. The molecule has 0 aliphatic heterocycles. The summed E-state index contributed by atoms with van der Waals surface area (Å²) in [5.74, 6) is 1.75. The van der Waals surface area contributed by atoms with Crippen LogP contribution in [0, 0.1) is 0 Å². The summed E-state index contributed by atoms with van der Waals surface area (Å²) in [6.07, 6.45) is 2.17. The van der Waals surface area contributed by atoms with Gasteiger partial charge in [0.05, 0.1) is 23.8 Å². The van der Waals surface area contributed by atoms with Crippen LogP contribution in [0.4, 0.5) is 0 Å². The average molecular weight is 389 g/mol. The van der Waals surface area contributed by atoms with E-state index in [4.69, 9.17) is 9.72 Å². The highest BCUT2D eigenvalue weighted by Crippen LogP contribution is 2.32. The first kappa shape index (κ1) is 16.9. The van der Waals surface area contributed by atoms with Crippen LogP contribution in [-0.2, 0) is 0 Å². The zero-order chi connectivity index (χ0) is 20.1. The van der Waals surface area contributed by atoms with Gasteiger partial charge in [0, 0.05) is 22.8 Å². The molecule has 6 rings (SSSR count). The Bertz CT molecular complexity index is 1510. The number of fused-ring (bicyclic) bond motifs is 5. The molecule has 0 amide bonds. The Morgan fingerprint density at radius 3 is 2.33 bits per heavy atom. The number of rotatable bonds is 3. The highest BCUT2D eigenvalue weighted by Gasteiger charge is 2.18. The third-order valence-electron chi connectivity index (χ3n) is 5.66. The van der Waals surface area contributed by atoms with Crippen LogP contribution < -0.4 is 4.74 Å². The Morgan fingerprint density at radius 2 is 1.53 bits per heavy atom. The predicted molar refractivity (Wildman–Crippen MR) is 122 cm³/mol. The molecule has 6 aromatic rings. The van der Waals surface area contributed by atoms with Crippen molar-refractivity contribution in [3.05, 3.63) is 97.2 Å². The second-order valence-corrected chi connectivity index (χ2v) is 7.35. The molecule has 0 aliphatic rings. The Hall–Kier alpha value is -4.05. The first-order valence-corrected chi connectivity index (χ1v) is 9.94. The Kier molecular flexibility index (Phi) is 3.65. The first-order valence-electron chi connectivity index (χ1n) is 9.94. The zero-order valence-corrected chi connectivity index (χ0v) is 16.5. The van der Waals surface area contributed by atoms with Gasteiger partial charge in [0.2, 0.25) is 5.78 Å². The van der Waals surface area contributed by atoms with E-state index in [1.807, 2.05) is 18.2 Å². The quantitative estimate of drug-likeness (QED) is 0.366. The third-order valence-corrected chi connectivity index (χ3v) is 5.66. The number of nitrogens with zero attached hydrogens (tertiary/aromatic N) is 3. The second kappa shape index (κ2) is 6.49. The fraction of sp³-hybridized carbons (Fsp3) is 0.0385.